The summed E-state index contributed by atoms with van der Waals surface area (Å²) in [5.41, 5.74) is -1.05. The maximum atomic E-state index is 11.9. The first-order valence-electron chi connectivity index (χ1n) is 4.76. The number of hydrogen-bond acceptors (Lipinski definition) is 5. The quantitative estimate of drug-likeness (QED) is 0.681. The number of sulfone groups is 1. The molecule has 0 N–H and O–H groups in total. The Morgan fingerprint density at radius 1 is 1.00 bits per heavy atom. The molecule has 5 nitrogen and oxygen atoms in total. The summed E-state index contributed by atoms with van der Waals surface area (Å²) in [5.74, 6) is -0.940. The maximum absolute atomic E-state index is 11.9. The van der Waals surface area contributed by atoms with Gasteiger partial charge < -0.3 is 4.74 Å². The molecule has 0 amide bonds. The molecule has 0 aromatic rings. The van der Waals surface area contributed by atoms with Gasteiger partial charge in [0.25, 0.3) is 5.12 Å². The molecule has 0 unspecified atom stereocenters. The van der Waals surface area contributed by atoms with Crippen LogP contribution in [0.25, 0.3) is 0 Å². The molecule has 0 aromatic heterocycles. The molecule has 0 atom stereocenters. The van der Waals surface area contributed by atoms with E-state index in [1.165, 1.54) is 20.8 Å². The molecule has 0 spiro atoms. The fourth-order valence-corrected chi connectivity index (χ4v) is 2.56. The van der Waals surface area contributed by atoms with Crippen molar-refractivity contribution in [3.63, 3.8) is 0 Å². The Labute approximate surface area is 96.1 Å². The van der Waals surface area contributed by atoms with Gasteiger partial charge in [-0.25, -0.2) is 8.42 Å². The van der Waals surface area contributed by atoms with Gasteiger partial charge in [-0.2, -0.15) is 0 Å². The Morgan fingerprint density at radius 3 is 1.62 bits per heavy atom. The van der Waals surface area contributed by atoms with Gasteiger partial charge in [-0.1, -0.05) is 20.8 Å². The smallest absolute Gasteiger partial charge is 0.327 e. The first-order valence-corrected chi connectivity index (χ1v) is 6.25. The largest absolute Gasteiger partial charge is 0.468 e. The topological polar surface area (TPSA) is 77.5 Å². The normalized spacial score (nSPS) is 13.4. The molecule has 0 heterocycles. The van der Waals surface area contributed by atoms with Crippen LogP contribution in [-0.4, -0.2) is 31.4 Å². The Balaban J connectivity index is 5.57. The second-order valence-electron chi connectivity index (χ2n) is 5.04. The SMILES string of the molecule is COC(=O)C(C)(C)S(=O)(=O)C(=O)C(C)(C)C. The van der Waals surface area contributed by atoms with Crippen molar-refractivity contribution < 1.29 is 22.7 Å². The molecule has 0 radical (unpaired) electrons. The number of hydrogen-bond donors (Lipinski definition) is 0. The van der Waals surface area contributed by atoms with E-state index < -0.39 is 31.1 Å². The van der Waals surface area contributed by atoms with E-state index in [2.05, 4.69) is 4.74 Å². The van der Waals surface area contributed by atoms with Crippen molar-refractivity contribution in [2.45, 2.75) is 39.4 Å². The number of methoxy groups -OCH3 is 1. The molecule has 94 valence electrons. The number of carbonyl (C=O) groups excluding carboxylic acids is 2. The van der Waals surface area contributed by atoms with Crippen molar-refractivity contribution in [2.24, 2.45) is 5.41 Å². The van der Waals surface area contributed by atoms with Crippen LogP contribution in [0.2, 0.25) is 0 Å². The molecular weight excluding hydrogens is 232 g/mol. The number of carbonyl (C=O) groups is 2. The van der Waals surface area contributed by atoms with Crippen LogP contribution in [0.3, 0.4) is 0 Å². The molecule has 0 fully saturated rings. The Kier molecular flexibility index (Phi) is 3.92. The van der Waals surface area contributed by atoms with Crippen LogP contribution in [0, 0.1) is 5.41 Å². The maximum Gasteiger partial charge on any atom is 0.327 e. The second-order valence-corrected chi connectivity index (χ2v) is 7.44. The molecule has 0 aliphatic carbocycles. The summed E-state index contributed by atoms with van der Waals surface area (Å²) in [4.78, 5) is 23.1. The zero-order chi connectivity index (χ0) is 13.4. The molecule has 0 aliphatic heterocycles. The Morgan fingerprint density at radius 2 is 1.38 bits per heavy atom. The van der Waals surface area contributed by atoms with Crippen LogP contribution in [0.5, 0.6) is 0 Å². The molecule has 0 bridgehead atoms. The van der Waals surface area contributed by atoms with Crippen LogP contribution in [0.1, 0.15) is 34.6 Å². The zero-order valence-corrected chi connectivity index (χ0v) is 11.3. The average Bonchev–Trinajstić information content (AvgIpc) is 2.13. The van der Waals surface area contributed by atoms with Gasteiger partial charge in [0.1, 0.15) is 0 Å². The lowest BCUT2D eigenvalue weighted by molar-refractivity contribution is -0.143. The van der Waals surface area contributed by atoms with Gasteiger partial charge >= 0.3 is 5.97 Å². The van der Waals surface area contributed by atoms with Gasteiger partial charge in [-0.15, -0.1) is 0 Å². The second kappa shape index (κ2) is 4.16. The van der Waals surface area contributed by atoms with Gasteiger partial charge in [0, 0.05) is 5.41 Å². The van der Waals surface area contributed by atoms with Crippen molar-refractivity contribution >= 4 is 20.9 Å². The molecule has 0 aromatic carbocycles. The van der Waals surface area contributed by atoms with Gasteiger partial charge in [0.05, 0.1) is 7.11 Å². The minimum Gasteiger partial charge on any atom is -0.468 e. The summed E-state index contributed by atoms with van der Waals surface area (Å²) < 4.78 is 26.4. The highest BCUT2D eigenvalue weighted by molar-refractivity contribution is 8.08. The van der Waals surface area contributed by atoms with Crippen molar-refractivity contribution in [2.75, 3.05) is 7.11 Å². The summed E-state index contributed by atoms with van der Waals surface area (Å²) >= 11 is 0. The van der Waals surface area contributed by atoms with Crippen LogP contribution < -0.4 is 0 Å². The van der Waals surface area contributed by atoms with Crippen LogP contribution in [-0.2, 0) is 24.2 Å². The van der Waals surface area contributed by atoms with Gasteiger partial charge in [-0.05, 0) is 13.8 Å². The molecule has 0 saturated carbocycles. The summed E-state index contributed by atoms with van der Waals surface area (Å²) in [5, 5.41) is -0.963. The van der Waals surface area contributed by atoms with Crippen molar-refractivity contribution in [3.8, 4) is 0 Å². The fraction of sp³-hybridized carbons (Fsp3) is 0.800. The van der Waals surface area contributed by atoms with Crippen LogP contribution in [0.4, 0.5) is 0 Å². The third kappa shape index (κ3) is 2.42. The van der Waals surface area contributed by atoms with E-state index in [-0.39, 0.29) is 0 Å². The monoisotopic (exact) mass is 250 g/mol. The lowest BCUT2D eigenvalue weighted by Crippen LogP contribution is -2.48. The van der Waals surface area contributed by atoms with E-state index in [0.29, 0.717) is 0 Å². The zero-order valence-electron chi connectivity index (χ0n) is 10.4. The molecule has 0 aliphatic rings. The highest BCUT2D eigenvalue weighted by atomic mass is 32.2. The minimum atomic E-state index is -4.22. The van der Waals surface area contributed by atoms with Crippen LogP contribution in [0.15, 0.2) is 0 Å². The summed E-state index contributed by atoms with van der Waals surface area (Å²) in [6, 6.07) is 0. The van der Waals surface area contributed by atoms with E-state index in [9.17, 15) is 18.0 Å². The molecular formula is C10H18O5S. The first-order chi connectivity index (χ1) is 6.89. The highest BCUT2D eigenvalue weighted by Gasteiger charge is 2.50. The first kappa shape index (κ1) is 15.1. The molecule has 16 heavy (non-hydrogen) atoms. The highest BCUT2D eigenvalue weighted by Crippen LogP contribution is 2.27. The number of rotatable bonds is 2. The Bertz CT molecular complexity index is 397. The van der Waals surface area contributed by atoms with Gasteiger partial charge in [0.2, 0.25) is 9.84 Å². The van der Waals surface area contributed by atoms with Gasteiger partial charge in [0.15, 0.2) is 4.75 Å². The Hall–Kier alpha value is -0.910. The fourth-order valence-electron chi connectivity index (χ4n) is 0.990. The third-order valence-electron chi connectivity index (χ3n) is 2.21. The predicted octanol–water partition coefficient (Wildman–Crippen LogP) is 0.925. The van der Waals surface area contributed by atoms with Crippen LogP contribution >= 0.6 is 0 Å². The molecule has 6 heteroatoms. The van der Waals surface area contributed by atoms with Gasteiger partial charge in [-0.3, -0.25) is 9.59 Å². The standard InChI is InChI=1S/C10H18O5S/c1-9(2,3)8(12)16(13,14)10(4,5)7(11)15-6/h1-6H3. The lowest BCUT2D eigenvalue weighted by Gasteiger charge is -2.25. The number of esters is 1. The number of ether oxygens (including phenoxy) is 1. The van der Waals surface area contributed by atoms with E-state index in [0.717, 1.165) is 21.0 Å². The predicted molar refractivity (Wildman–Crippen MR) is 59.5 cm³/mol. The van der Waals surface area contributed by atoms with E-state index >= 15 is 0 Å². The summed E-state index contributed by atoms with van der Waals surface area (Å²) in [6.45, 7) is 6.79. The van der Waals surface area contributed by atoms with Crippen molar-refractivity contribution in [3.05, 3.63) is 0 Å². The summed E-state index contributed by atoms with van der Waals surface area (Å²) in [6.07, 6.45) is 0. The van der Waals surface area contributed by atoms with E-state index in [1.54, 1.807) is 0 Å². The lowest BCUT2D eigenvalue weighted by atomic mass is 9.99. The third-order valence-corrected chi connectivity index (χ3v) is 4.82. The minimum absolute atomic E-state index is 0.940. The average molecular weight is 250 g/mol. The van der Waals surface area contributed by atoms with Crippen molar-refractivity contribution in [1.29, 1.82) is 0 Å². The summed E-state index contributed by atoms with van der Waals surface area (Å²) in [7, 11) is -3.14. The van der Waals surface area contributed by atoms with Crippen molar-refractivity contribution in [1.82, 2.24) is 0 Å². The molecule has 0 rings (SSSR count). The van der Waals surface area contributed by atoms with E-state index in [1.807, 2.05) is 0 Å². The molecule has 0 saturated heterocycles. The van der Waals surface area contributed by atoms with E-state index in [4.69, 9.17) is 0 Å².